The maximum absolute atomic E-state index is 5.42. The highest BCUT2D eigenvalue weighted by atomic mass is 16.5. The number of hydrogen-bond acceptors (Lipinski definition) is 2. The van der Waals surface area contributed by atoms with Crippen LogP contribution in [0.2, 0.25) is 0 Å². The summed E-state index contributed by atoms with van der Waals surface area (Å²) in [6.45, 7) is 5.78. The van der Waals surface area contributed by atoms with Crippen LogP contribution in [0.3, 0.4) is 0 Å². The highest BCUT2D eigenvalue weighted by Gasteiger charge is 2.26. The lowest BCUT2D eigenvalue weighted by molar-refractivity contribution is 0.206. The van der Waals surface area contributed by atoms with Gasteiger partial charge in [-0.1, -0.05) is 44.9 Å². The molecule has 0 aliphatic heterocycles. The average molecular weight is 275 g/mol. The quantitative estimate of drug-likeness (QED) is 0.846. The van der Waals surface area contributed by atoms with Gasteiger partial charge in [-0.25, -0.2) is 0 Å². The first-order valence-corrected chi connectivity index (χ1v) is 8.07. The lowest BCUT2D eigenvalue weighted by Gasteiger charge is -2.35. The average Bonchev–Trinajstić information content (AvgIpc) is 2.48. The molecule has 0 spiro atoms. The molecule has 0 bridgehead atoms. The van der Waals surface area contributed by atoms with E-state index in [1.165, 1.54) is 31.2 Å². The van der Waals surface area contributed by atoms with E-state index in [1.54, 1.807) is 7.11 Å². The van der Waals surface area contributed by atoms with E-state index in [9.17, 15) is 0 Å². The summed E-state index contributed by atoms with van der Waals surface area (Å²) in [6.07, 6.45) is 6.58. The van der Waals surface area contributed by atoms with Crippen LogP contribution in [-0.2, 0) is 6.42 Å². The number of rotatable bonds is 6. The summed E-state index contributed by atoms with van der Waals surface area (Å²) in [4.78, 5) is 0. The van der Waals surface area contributed by atoms with E-state index in [-0.39, 0.29) is 0 Å². The Balaban J connectivity index is 1.85. The number of nitrogens with one attached hydrogen (secondary N) is 1. The second-order valence-corrected chi connectivity index (χ2v) is 6.31. The minimum Gasteiger partial charge on any atom is -0.496 e. The molecule has 0 aromatic heterocycles. The molecule has 1 aromatic carbocycles. The Morgan fingerprint density at radius 3 is 2.70 bits per heavy atom. The lowest BCUT2D eigenvalue weighted by atomic mass is 9.78. The van der Waals surface area contributed by atoms with Crippen molar-refractivity contribution in [1.29, 1.82) is 0 Å². The molecule has 2 heteroatoms. The van der Waals surface area contributed by atoms with Gasteiger partial charge in [-0.3, -0.25) is 0 Å². The SMILES string of the molecule is COc1ccccc1CCNC1CCCCC1C(C)C. The van der Waals surface area contributed by atoms with Gasteiger partial charge in [0.15, 0.2) is 0 Å². The van der Waals surface area contributed by atoms with Gasteiger partial charge in [0.2, 0.25) is 0 Å². The van der Waals surface area contributed by atoms with E-state index in [1.807, 2.05) is 12.1 Å². The predicted molar refractivity (Wildman–Crippen MR) is 85.3 cm³/mol. The first kappa shape index (κ1) is 15.4. The van der Waals surface area contributed by atoms with Gasteiger partial charge in [0, 0.05) is 6.04 Å². The van der Waals surface area contributed by atoms with Crippen LogP contribution in [0.4, 0.5) is 0 Å². The van der Waals surface area contributed by atoms with Crippen LogP contribution in [0.15, 0.2) is 24.3 Å². The number of hydrogen-bond donors (Lipinski definition) is 1. The van der Waals surface area contributed by atoms with Gasteiger partial charge in [0.25, 0.3) is 0 Å². The van der Waals surface area contributed by atoms with Gasteiger partial charge in [-0.2, -0.15) is 0 Å². The van der Waals surface area contributed by atoms with Crippen molar-refractivity contribution in [2.45, 2.75) is 52.0 Å². The topological polar surface area (TPSA) is 21.3 Å². The Labute approximate surface area is 123 Å². The Hall–Kier alpha value is -1.02. The summed E-state index contributed by atoms with van der Waals surface area (Å²) in [6, 6.07) is 9.05. The highest BCUT2D eigenvalue weighted by Crippen LogP contribution is 2.30. The summed E-state index contributed by atoms with van der Waals surface area (Å²) >= 11 is 0. The standard InChI is InChI=1S/C18H29NO/c1-14(2)16-9-5-6-10-17(16)19-13-12-15-8-4-7-11-18(15)20-3/h4,7-8,11,14,16-17,19H,5-6,9-10,12-13H2,1-3H3. The molecule has 1 aliphatic carbocycles. The van der Waals surface area contributed by atoms with Crippen molar-refractivity contribution in [3.05, 3.63) is 29.8 Å². The van der Waals surface area contributed by atoms with Crippen molar-refractivity contribution >= 4 is 0 Å². The van der Waals surface area contributed by atoms with Gasteiger partial charge < -0.3 is 10.1 Å². The fourth-order valence-electron chi connectivity index (χ4n) is 3.51. The zero-order chi connectivity index (χ0) is 14.4. The molecule has 2 unspecified atom stereocenters. The summed E-state index contributed by atoms with van der Waals surface area (Å²) in [5.74, 6) is 2.65. The van der Waals surface area contributed by atoms with Gasteiger partial charge in [-0.05, 0) is 49.3 Å². The molecule has 20 heavy (non-hydrogen) atoms. The summed E-state index contributed by atoms with van der Waals surface area (Å²) in [5.41, 5.74) is 1.31. The summed E-state index contributed by atoms with van der Waals surface area (Å²) in [7, 11) is 1.75. The normalized spacial score (nSPS) is 23.0. The molecule has 1 aromatic rings. The van der Waals surface area contributed by atoms with E-state index >= 15 is 0 Å². The van der Waals surface area contributed by atoms with Crippen LogP contribution in [-0.4, -0.2) is 19.7 Å². The molecule has 0 amide bonds. The maximum atomic E-state index is 5.42. The van der Waals surface area contributed by atoms with Crippen molar-refractivity contribution in [3.8, 4) is 5.75 Å². The van der Waals surface area contributed by atoms with Crippen molar-refractivity contribution in [2.75, 3.05) is 13.7 Å². The van der Waals surface area contributed by atoms with Crippen LogP contribution in [0, 0.1) is 11.8 Å². The smallest absolute Gasteiger partial charge is 0.122 e. The van der Waals surface area contributed by atoms with Crippen molar-refractivity contribution in [2.24, 2.45) is 11.8 Å². The molecule has 2 atom stereocenters. The summed E-state index contributed by atoms with van der Waals surface area (Å²) < 4.78 is 5.42. The van der Waals surface area contributed by atoms with Crippen molar-refractivity contribution in [1.82, 2.24) is 5.32 Å². The molecule has 112 valence electrons. The largest absolute Gasteiger partial charge is 0.496 e. The van der Waals surface area contributed by atoms with E-state index in [2.05, 4.69) is 31.3 Å². The molecule has 2 rings (SSSR count). The van der Waals surface area contributed by atoms with Gasteiger partial charge >= 0.3 is 0 Å². The van der Waals surface area contributed by atoms with Crippen molar-refractivity contribution < 1.29 is 4.74 Å². The number of para-hydroxylation sites is 1. The number of ether oxygens (including phenoxy) is 1. The van der Waals surface area contributed by atoms with E-state index in [4.69, 9.17) is 4.74 Å². The molecule has 0 heterocycles. The van der Waals surface area contributed by atoms with E-state index < -0.39 is 0 Å². The second-order valence-electron chi connectivity index (χ2n) is 6.31. The second kappa shape index (κ2) is 7.68. The fraction of sp³-hybridized carbons (Fsp3) is 0.667. The van der Waals surface area contributed by atoms with Crippen LogP contribution >= 0.6 is 0 Å². The molecular formula is C18H29NO. The zero-order valence-electron chi connectivity index (χ0n) is 13.2. The van der Waals surface area contributed by atoms with Crippen molar-refractivity contribution in [3.63, 3.8) is 0 Å². The minimum absolute atomic E-state index is 0.707. The highest BCUT2D eigenvalue weighted by molar-refractivity contribution is 5.33. The van der Waals surface area contributed by atoms with Gasteiger partial charge in [0.1, 0.15) is 5.75 Å². The molecule has 1 fully saturated rings. The Morgan fingerprint density at radius 2 is 1.95 bits per heavy atom. The third-order valence-corrected chi connectivity index (χ3v) is 4.67. The van der Waals surface area contributed by atoms with Crippen LogP contribution in [0.5, 0.6) is 5.75 Å². The molecule has 0 radical (unpaired) electrons. The van der Waals surface area contributed by atoms with Crippen LogP contribution in [0.25, 0.3) is 0 Å². The van der Waals surface area contributed by atoms with Crippen LogP contribution in [0.1, 0.15) is 45.1 Å². The van der Waals surface area contributed by atoms with Gasteiger partial charge in [0.05, 0.1) is 7.11 Å². The molecule has 1 saturated carbocycles. The molecular weight excluding hydrogens is 246 g/mol. The Bertz CT molecular complexity index is 402. The lowest BCUT2D eigenvalue weighted by Crippen LogP contribution is -2.41. The van der Waals surface area contributed by atoms with Gasteiger partial charge in [-0.15, -0.1) is 0 Å². The number of benzene rings is 1. The third-order valence-electron chi connectivity index (χ3n) is 4.67. The summed E-state index contributed by atoms with van der Waals surface area (Å²) in [5, 5.41) is 3.80. The monoisotopic (exact) mass is 275 g/mol. The van der Waals surface area contributed by atoms with E-state index in [0.717, 1.165) is 30.6 Å². The molecule has 1 N–H and O–H groups in total. The number of methoxy groups -OCH3 is 1. The minimum atomic E-state index is 0.707. The predicted octanol–water partition coefficient (Wildman–Crippen LogP) is 4.04. The fourth-order valence-corrected chi connectivity index (χ4v) is 3.51. The molecule has 0 saturated heterocycles. The first-order valence-electron chi connectivity index (χ1n) is 8.07. The third kappa shape index (κ3) is 3.99. The molecule has 1 aliphatic rings. The Morgan fingerprint density at radius 1 is 1.20 bits per heavy atom. The Kier molecular flexibility index (Phi) is 5.90. The zero-order valence-corrected chi connectivity index (χ0v) is 13.2. The van der Waals surface area contributed by atoms with E-state index in [0.29, 0.717) is 6.04 Å². The molecule has 2 nitrogen and oxygen atoms in total. The first-order chi connectivity index (χ1) is 9.72. The maximum Gasteiger partial charge on any atom is 0.122 e. The van der Waals surface area contributed by atoms with Crippen LogP contribution < -0.4 is 10.1 Å².